The molecule has 3 rings (SSSR count). The van der Waals surface area contributed by atoms with Gasteiger partial charge in [-0.2, -0.15) is 0 Å². The molecule has 0 bridgehead atoms. The number of hydrogen-bond donors (Lipinski definition) is 1. The zero-order valence-electron chi connectivity index (χ0n) is 13.9. The van der Waals surface area contributed by atoms with Crippen LogP contribution in [0.25, 0.3) is 0 Å². The Hall–Kier alpha value is -1.26. The number of nitrogen functional groups attached to an aromatic ring is 1. The number of nitrogens with two attached hydrogens (primary N) is 1. The second-order valence-corrected chi connectivity index (χ2v) is 6.85. The van der Waals surface area contributed by atoms with Crippen LogP contribution >= 0.6 is 0 Å². The predicted octanol–water partition coefficient (Wildman–Crippen LogP) is 2.55. The van der Waals surface area contributed by atoms with Gasteiger partial charge in [0, 0.05) is 11.7 Å². The third-order valence-electron chi connectivity index (χ3n) is 5.43. The van der Waals surface area contributed by atoms with Crippen LogP contribution in [0.2, 0.25) is 0 Å². The van der Waals surface area contributed by atoms with Crippen LogP contribution in [-0.4, -0.2) is 56.2 Å². The molecule has 4 heteroatoms. The molecule has 4 nitrogen and oxygen atoms in total. The number of benzene rings is 1. The van der Waals surface area contributed by atoms with E-state index in [2.05, 4.69) is 22.9 Å². The standard InChI is InChI=1S/C18H29N3O/c1-20-9-7-16(8-10-20)21-11-5-14(6-12-21)17-13-15(19)3-4-18(17)22-2/h3-4,13-14,16H,5-12,19H2,1-2H3. The second kappa shape index (κ2) is 6.88. The lowest BCUT2D eigenvalue weighted by Crippen LogP contribution is -2.46. The SMILES string of the molecule is COc1ccc(N)cc1C1CCN(C2CCN(C)CC2)CC1. The van der Waals surface area contributed by atoms with Gasteiger partial charge in [0.1, 0.15) is 5.75 Å². The van der Waals surface area contributed by atoms with Crippen LogP contribution in [0.5, 0.6) is 5.75 Å². The van der Waals surface area contributed by atoms with E-state index in [0.717, 1.165) is 17.5 Å². The average molecular weight is 303 g/mol. The predicted molar refractivity (Wildman–Crippen MR) is 91.5 cm³/mol. The lowest BCUT2D eigenvalue weighted by Gasteiger charge is -2.41. The fourth-order valence-electron chi connectivity index (χ4n) is 4.01. The lowest BCUT2D eigenvalue weighted by atomic mass is 9.87. The molecule has 2 fully saturated rings. The minimum Gasteiger partial charge on any atom is -0.496 e. The fourth-order valence-corrected chi connectivity index (χ4v) is 4.01. The molecule has 2 heterocycles. The van der Waals surface area contributed by atoms with E-state index in [1.165, 1.54) is 57.4 Å². The number of hydrogen-bond acceptors (Lipinski definition) is 4. The minimum absolute atomic E-state index is 0.584. The van der Waals surface area contributed by atoms with Crippen molar-refractivity contribution in [2.24, 2.45) is 0 Å². The van der Waals surface area contributed by atoms with Gasteiger partial charge in [0.05, 0.1) is 7.11 Å². The summed E-state index contributed by atoms with van der Waals surface area (Å²) in [7, 11) is 3.98. The van der Waals surface area contributed by atoms with Crippen LogP contribution in [0.15, 0.2) is 18.2 Å². The zero-order valence-corrected chi connectivity index (χ0v) is 13.9. The molecule has 22 heavy (non-hydrogen) atoms. The summed E-state index contributed by atoms with van der Waals surface area (Å²) in [5, 5.41) is 0. The van der Waals surface area contributed by atoms with Crippen LogP contribution in [0.3, 0.4) is 0 Å². The van der Waals surface area contributed by atoms with E-state index in [-0.39, 0.29) is 0 Å². The summed E-state index contributed by atoms with van der Waals surface area (Å²) in [6, 6.07) is 6.83. The molecule has 0 unspecified atom stereocenters. The van der Waals surface area contributed by atoms with Gasteiger partial charge in [0.2, 0.25) is 0 Å². The van der Waals surface area contributed by atoms with Crippen molar-refractivity contribution < 1.29 is 4.74 Å². The molecule has 2 aliphatic rings. The number of methoxy groups -OCH3 is 1. The molecule has 2 aliphatic heterocycles. The summed E-state index contributed by atoms with van der Waals surface area (Å²) >= 11 is 0. The van der Waals surface area contributed by atoms with Crippen LogP contribution in [0, 0.1) is 0 Å². The molecule has 0 aromatic heterocycles. The Balaban J connectivity index is 1.61. The number of nitrogens with zero attached hydrogens (tertiary/aromatic N) is 2. The maximum atomic E-state index is 5.98. The van der Waals surface area contributed by atoms with Crippen LogP contribution in [-0.2, 0) is 0 Å². The average Bonchev–Trinajstić information content (AvgIpc) is 2.56. The summed E-state index contributed by atoms with van der Waals surface area (Å²) in [4.78, 5) is 5.16. The maximum Gasteiger partial charge on any atom is 0.122 e. The Morgan fingerprint density at radius 3 is 2.36 bits per heavy atom. The van der Waals surface area contributed by atoms with Gasteiger partial charge < -0.3 is 20.3 Å². The summed E-state index contributed by atoms with van der Waals surface area (Å²) in [5.74, 6) is 1.58. The van der Waals surface area contributed by atoms with Gasteiger partial charge in [-0.15, -0.1) is 0 Å². The first-order chi connectivity index (χ1) is 10.7. The summed E-state index contributed by atoms with van der Waals surface area (Å²) < 4.78 is 5.53. The van der Waals surface area contributed by atoms with Crippen molar-refractivity contribution >= 4 is 5.69 Å². The smallest absolute Gasteiger partial charge is 0.122 e. The molecule has 122 valence electrons. The monoisotopic (exact) mass is 303 g/mol. The molecule has 2 saturated heterocycles. The number of ether oxygens (including phenoxy) is 1. The van der Waals surface area contributed by atoms with Crippen molar-refractivity contribution in [3.63, 3.8) is 0 Å². The van der Waals surface area contributed by atoms with E-state index in [9.17, 15) is 0 Å². The molecule has 0 atom stereocenters. The zero-order chi connectivity index (χ0) is 15.5. The summed E-state index contributed by atoms with van der Waals surface area (Å²) in [6.07, 6.45) is 5.07. The Bertz CT molecular complexity index is 489. The summed E-state index contributed by atoms with van der Waals surface area (Å²) in [5.41, 5.74) is 8.11. The Kier molecular flexibility index (Phi) is 4.89. The number of rotatable bonds is 3. The van der Waals surface area contributed by atoms with E-state index in [1.807, 2.05) is 12.1 Å². The Morgan fingerprint density at radius 2 is 1.73 bits per heavy atom. The van der Waals surface area contributed by atoms with Crippen molar-refractivity contribution in [2.45, 2.75) is 37.6 Å². The van der Waals surface area contributed by atoms with Crippen LogP contribution < -0.4 is 10.5 Å². The first-order valence-corrected chi connectivity index (χ1v) is 8.53. The van der Waals surface area contributed by atoms with E-state index in [1.54, 1.807) is 7.11 Å². The lowest BCUT2D eigenvalue weighted by molar-refractivity contribution is 0.0963. The van der Waals surface area contributed by atoms with Crippen LogP contribution in [0.4, 0.5) is 5.69 Å². The van der Waals surface area contributed by atoms with E-state index >= 15 is 0 Å². The molecule has 0 amide bonds. The van der Waals surface area contributed by atoms with Crippen molar-refractivity contribution in [1.82, 2.24) is 9.80 Å². The molecule has 1 aromatic rings. The quantitative estimate of drug-likeness (QED) is 0.871. The fraction of sp³-hybridized carbons (Fsp3) is 0.667. The van der Waals surface area contributed by atoms with Crippen molar-refractivity contribution in [3.8, 4) is 5.75 Å². The Labute approximate surface area is 134 Å². The summed E-state index contributed by atoms with van der Waals surface area (Å²) in [6.45, 7) is 4.90. The number of piperidine rings is 2. The number of anilines is 1. The van der Waals surface area contributed by atoms with Crippen LogP contribution in [0.1, 0.15) is 37.2 Å². The molecular formula is C18H29N3O. The molecule has 1 aromatic carbocycles. The van der Waals surface area contributed by atoms with Crippen molar-refractivity contribution in [1.29, 1.82) is 0 Å². The van der Waals surface area contributed by atoms with E-state index in [0.29, 0.717) is 5.92 Å². The topological polar surface area (TPSA) is 41.7 Å². The van der Waals surface area contributed by atoms with Gasteiger partial charge in [-0.25, -0.2) is 0 Å². The van der Waals surface area contributed by atoms with E-state index < -0.39 is 0 Å². The normalized spacial score (nSPS) is 22.8. The molecule has 0 saturated carbocycles. The second-order valence-electron chi connectivity index (χ2n) is 6.85. The number of likely N-dealkylation sites (tertiary alicyclic amines) is 2. The highest BCUT2D eigenvalue weighted by atomic mass is 16.5. The maximum absolute atomic E-state index is 5.98. The first-order valence-electron chi connectivity index (χ1n) is 8.53. The van der Waals surface area contributed by atoms with Crippen molar-refractivity contribution in [3.05, 3.63) is 23.8 Å². The van der Waals surface area contributed by atoms with E-state index in [4.69, 9.17) is 10.5 Å². The molecule has 2 N–H and O–H groups in total. The largest absolute Gasteiger partial charge is 0.496 e. The Morgan fingerprint density at radius 1 is 1.05 bits per heavy atom. The highest BCUT2D eigenvalue weighted by molar-refractivity contribution is 5.49. The van der Waals surface area contributed by atoms with Crippen molar-refractivity contribution in [2.75, 3.05) is 46.1 Å². The van der Waals surface area contributed by atoms with Gasteiger partial charge >= 0.3 is 0 Å². The third kappa shape index (κ3) is 3.39. The highest BCUT2D eigenvalue weighted by Gasteiger charge is 2.28. The molecule has 0 spiro atoms. The molecule has 0 aliphatic carbocycles. The van der Waals surface area contributed by atoms with Gasteiger partial charge in [0.15, 0.2) is 0 Å². The highest BCUT2D eigenvalue weighted by Crippen LogP contribution is 2.36. The first kappa shape index (κ1) is 15.6. The van der Waals surface area contributed by atoms with Gasteiger partial charge in [-0.05, 0) is 88.6 Å². The molecular weight excluding hydrogens is 274 g/mol. The van der Waals surface area contributed by atoms with Gasteiger partial charge in [0.25, 0.3) is 0 Å². The van der Waals surface area contributed by atoms with Gasteiger partial charge in [-0.1, -0.05) is 0 Å². The van der Waals surface area contributed by atoms with Gasteiger partial charge in [-0.3, -0.25) is 0 Å². The third-order valence-corrected chi connectivity index (χ3v) is 5.43. The minimum atomic E-state index is 0.584. The molecule has 0 radical (unpaired) electrons.